The zero-order valence-corrected chi connectivity index (χ0v) is 15.6. The molecule has 3 amide bonds. The van der Waals surface area contributed by atoms with Gasteiger partial charge in [-0.15, -0.1) is 0 Å². The van der Waals surface area contributed by atoms with Gasteiger partial charge in [0.2, 0.25) is 5.91 Å². The number of nitrogens with one attached hydrogen (secondary N) is 1. The number of carbonyl (C=O) groups is 2. The number of urea groups is 1. The van der Waals surface area contributed by atoms with E-state index >= 15 is 0 Å². The molecule has 2 N–H and O–H groups in total. The van der Waals surface area contributed by atoms with Crippen LogP contribution in [-0.2, 0) is 11.3 Å². The first-order valence-corrected chi connectivity index (χ1v) is 9.60. The lowest BCUT2D eigenvalue weighted by Crippen LogP contribution is -2.55. The van der Waals surface area contributed by atoms with Gasteiger partial charge in [0.05, 0.1) is 6.54 Å². The molecule has 0 bridgehead atoms. The highest BCUT2D eigenvalue weighted by Crippen LogP contribution is 2.29. The van der Waals surface area contributed by atoms with E-state index in [1.807, 2.05) is 38.1 Å². The largest absolute Gasteiger partial charge is 0.396 e. The van der Waals surface area contributed by atoms with Gasteiger partial charge in [-0.1, -0.05) is 38.5 Å². The van der Waals surface area contributed by atoms with Crippen molar-refractivity contribution in [3.8, 4) is 0 Å². The Labute approximate surface area is 155 Å². The van der Waals surface area contributed by atoms with Crippen molar-refractivity contribution >= 4 is 17.6 Å². The number of nitrogens with zero attached hydrogens (tertiary/aromatic N) is 2. The molecule has 26 heavy (non-hydrogen) atoms. The zero-order chi connectivity index (χ0) is 18.7. The molecule has 0 aliphatic carbocycles. The summed E-state index contributed by atoms with van der Waals surface area (Å²) in [5.74, 6) is 0.0721. The van der Waals surface area contributed by atoms with Gasteiger partial charge >= 0.3 is 6.03 Å². The van der Waals surface area contributed by atoms with Gasteiger partial charge in [0.1, 0.15) is 6.04 Å². The van der Waals surface area contributed by atoms with Crippen molar-refractivity contribution in [3.05, 3.63) is 29.8 Å². The number of amides is 3. The molecule has 3 rings (SSSR count). The number of hydrogen-bond donors (Lipinski definition) is 2. The molecule has 1 fully saturated rings. The van der Waals surface area contributed by atoms with Crippen LogP contribution >= 0.6 is 0 Å². The van der Waals surface area contributed by atoms with Gasteiger partial charge in [0.15, 0.2) is 0 Å². The van der Waals surface area contributed by atoms with Gasteiger partial charge in [-0.2, -0.15) is 0 Å². The molecule has 0 radical (unpaired) electrons. The quantitative estimate of drug-likeness (QED) is 0.871. The number of carbonyl (C=O) groups excluding carboxylic acids is 2. The number of piperidine rings is 1. The van der Waals surface area contributed by atoms with Crippen LogP contribution < -0.4 is 5.32 Å². The van der Waals surface area contributed by atoms with Gasteiger partial charge < -0.3 is 20.2 Å². The van der Waals surface area contributed by atoms with Crippen LogP contribution in [0.2, 0.25) is 0 Å². The highest BCUT2D eigenvalue weighted by Gasteiger charge is 2.39. The fourth-order valence-corrected chi connectivity index (χ4v) is 3.96. The molecule has 3 atom stereocenters. The van der Waals surface area contributed by atoms with Gasteiger partial charge in [-0.25, -0.2) is 4.79 Å². The number of fused-ring (bicyclic) bond motifs is 1. The third-order valence-electron chi connectivity index (χ3n) is 5.70. The number of hydrogen-bond acceptors (Lipinski definition) is 3. The van der Waals surface area contributed by atoms with E-state index in [1.165, 1.54) is 0 Å². The van der Waals surface area contributed by atoms with E-state index < -0.39 is 6.04 Å². The van der Waals surface area contributed by atoms with Crippen molar-refractivity contribution in [2.75, 3.05) is 25.0 Å². The summed E-state index contributed by atoms with van der Waals surface area (Å²) in [7, 11) is 0. The van der Waals surface area contributed by atoms with Crippen LogP contribution in [0.15, 0.2) is 24.3 Å². The molecular formula is C20H29N3O3. The molecule has 142 valence electrons. The molecule has 0 saturated carbocycles. The van der Waals surface area contributed by atoms with E-state index in [2.05, 4.69) is 5.32 Å². The Morgan fingerprint density at radius 3 is 2.88 bits per heavy atom. The Hall–Kier alpha value is -2.08. The van der Waals surface area contributed by atoms with Crippen LogP contribution in [0.1, 0.15) is 38.7 Å². The van der Waals surface area contributed by atoms with E-state index in [0.29, 0.717) is 19.6 Å². The molecular weight excluding hydrogens is 330 g/mol. The smallest absolute Gasteiger partial charge is 0.321 e. The molecule has 1 aromatic rings. The fraction of sp³-hybridized carbons (Fsp3) is 0.600. The normalized spacial score (nSPS) is 24.5. The van der Waals surface area contributed by atoms with Gasteiger partial charge in [-0.05, 0) is 36.3 Å². The van der Waals surface area contributed by atoms with Gasteiger partial charge in [-0.3, -0.25) is 4.79 Å². The maximum Gasteiger partial charge on any atom is 0.321 e. The first-order chi connectivity index (χ1) is 12.5. The summed E-state index contributed by atoms with van der Waals surface area (Å²) in [5.41, 5.74) is 1.74. The number of aliphatic hydroxyl groups excluding tert-OH is 1. The maximum absolute atomic E-state index is 13.3. The Morgan fingerprint density at radius 1 is 1.38 bits per heavy atom. The summed E-state index contributed by atoms with van der Waals surface area (Å²) >= 11 is 0. The lowest BCUT2D eigenvalue weighted by atomic mass is 9.96. The minimum Gasteiger partial charge on any atom is -0.396 e. The first-order valence-electron chi connectivity index (χ1n) is 9.60. The number of anilines is 1. The summed E-state index contributed by atoms with van der Waals surface area (Å²) < 4.78 is 0. The van der Waals surface area contributed by atoms with Gasteiger partial charge in [0.25, 0.3) is 0 Å². The van der Waals surface area contributed by atoms with Crippen molar-refractivity contribution in [2.24, 2.45) is 11.8 Å². The van der Waals surface area contributed by atoms with E-state index in [9.17, 15) is 14.7 Å². The van der Waals surface area contributed by atoms with E-state index in [1.54, 1.807) is 9.80 Å². The van der Waals surface area contributed by atoms with Crippen LogP contribution in [0.25, 0.3) is 0 Å². The van der Waals surface area contributed by atoms with E-state index in [-0.39, 0.29) is 30.4 Å². The van der Waals surface area contributed by atoms with Crippen LogP contribution in [0.3, 0.4) is 0 Å². The lowest BCUT2D eigenvalue weighted by Gasteiger charge is -2.39. The Balaban J connectivity index is 1.91. The monoisotopic (exact) mass is 359 g/mol. The molecule has 0 aromatic heterocycles. The lowest BCUT2D eigenvalue weighted by molar-refractivity contribution is -0.122. The molecule has 2 aliphatic heterocycles. The number of aliphatic hydroxyl groups is 1. The summed E-state index contributed by atoms with van der Waals surface area (Å²) in [6.07, 6.45) is 2.65. The van der Waals surface area contributed by atoms with Crippen molar-refractivity contribution in [1.29, 1.82) is 0 Å². The predicted molar refractivity (Wildman–Crippen MR) is 101 cm³/mol. The van der Waals surface area contributed by atoms with Crippen molar-refractivity contribution in [3.63, 3.8) is 0 Å². The van der Waals surface area contributed by atoms with Crippen molar-refractivity contribution < 1.29 is 14.7 Å². The number of benzene rings is 1. The minimum absolute atomic E-state index is 0.0618. The fourth-order valence-electron chi connectivity index (χ4n) is 3.96. The SMILES string of the molecule is CCC(C)C1C(=O)Nc2ccccc2CN1C(=O)N1CCCC(CO)C1. The number of rotatable bonds is 3. The second kappa shape index (κ2) is 8.08. The molecule has 2 aliphatic rings. The van der Waals surface area contributed by atoms with Crippen molar-refractivity contribution in [1.82, 2.24) is 9.80 Å². The Morgan fingerprint density at radius 2 is 2.15 bits per heavy atom. The second-order valence-corrected chi connectivity index (χ2v) is 7.52. The average Bonchev–Trinajstić information content (AvgIpc) is 2.82. The summed E-state index contributed by atoms with van der Waals surface area (Å²) in [5, 5.41) is 12.5. The molecule has 3 unspecified atom stereocenters. The molecule has 6 heteroatoms. The standard InChI is InChI=1S/C20H29N3O3/c1-3-14(2)18-19(25)21-17-9-5-4-8-16(17)12-23(18)20(26)22-10-6-7-15(11-22)13-24/h4-5,8-9,14-15,18,24H,3,6-7,10-13H2,1-2H3,(H,21,25). The van der Waals surface area contributed by atoms with Gasteiger partial charge in [0, 0.05) is 25.4 Å². The summed E-state index contributed by atoms with van der Waals surface area (Å²) in [6, 6.07) is 7.08. The van der Waals surface area contributed by atoms with Crippen LogP contribution in [0.5, 0.6) is 0 Å². The molecule has 6 nitrogen and oxygen atoms in total. The molecule has 1 aromatic carbocycles. The third-order valence-corrected chi connectivity index (χ3v) is 5.70. The Kier molecular flexibility index (Phi) is 5.81. The predicted octanol–water partition coefficient (Wildman–Crippen LogP) is 2.68. The summed E-state index contributed by atoms with van der Waals surface area (Å²) in [4.78, 5) is 29.8. The zero-order valence-electron chi connectivity index (χ0n) is 15.6. The van der Waals surface area contributed by atoms with Crippen LogP contribution in [-0.4, -0.2) is 52.6 Å². The van der Waals surface area contributed by atoms with Crippen molar-refractivity contribution in [2.45, 2.75) is 45.7 Å². The summed E-state index contributed by atoms with van der Waals surface area (Å²) in [6.45, 7) is 5.82. The number of para-hydroxylation sites is 1. The molecule has 1 saturated heterocycles. The Bertz CT molecular complexity index is 663. The highest BCUT2D eigenvalue weighted by atomic mass is 16.3. The second-order valence-electron chi connectivity index (χ2n) is 7.52. The first kappa shape index (κ1) is 18.7. The van der Waals surface area contributed by atoms with Crippen LogP contribution in [0, 0.1) is 11.8 Å². The average molecular weight is 359 g/mol. The molecule has 0 spiro atoms. The van der Waals surface area contributed by atoms with E-state index in [0.717, 1.165) is 30.5 Å². The number of likely N-dealkylation sites (tertiary alicyclic amines) is 1. The maximum atomic E-state index is 13.3. The van der Waals surface area contributed by atoms with Crippen LogP contribution in [0.4, 0.5) is 10.5 Å². The molecule has 2 heterocycles. The van der Waals surface area contributed by atoms with E-state index in [4.69, 9.17) is 0 Å². The topological polar surface area (TPSA) is 72.9 Å². The minimum atomic E-state index is -0.491. The highest BCUT2D eigenvalue weighted by molar-refractivity contribution is 5.98. The third kappa shape index (κ3) is 3.70.